The van der Waals surface area contributed by atoms with Crippen LogP contribution in [0.15, 0.2) is 0 Å². The molecule has 1 heteroatoms. The van der Waals surface area contributed by atoms with Crippen LogP contribution < -0.4 is 5.73 Å². The van der Waals surface area contributed by atoms with Gasteiger partial charge in [0.15, 0.2) is 0 Å². The van der Waals surface area contributed by atoms with E-state index >= 15 is 0 Å². The molecule has 0 spiro atoms. The molecule has 8 aliphatic carbocycles. The minimum Gasteiger partial charge on any atom is -0.328 e. The fourth-order valence-electron chi connectivity index (χ4n) is 12.0. The van der Waals surface area contributed by atoms with E-state index in [0.717, 1.165) is 23.7 Å². The molecule has 8 rings (SSSR count). The normalized spacial score (nSPS) is 76.1. The quantitative estimate of drug-likeness (QED) is 0.651. The molecule has 0 amide bonds. The fourth-order valence-corrected chi connectivity index (χ4v) is 12.0. The van der Waals surface area contributed by atoms with E-state index in [1.54, 1.807) is 32.1 Å². The van der Waals surface area contributed by atoms with Gasteiger partial charge >= 0.3 is 0 Å². The first-order chi connectivity index (χ1) is 12.2. The summed E-state index contributed by atoms with van der Waals surface area (Å²) in [6, 6.07) is 0.568. The lowest BCUT2D eigenvalue weighted by Gasteiger charge is -2.80. The van der Waals surface area contributed by atoms with E-state index in [9.17, 15) is 0 Å². The van der Waals surface area contributed by atoms with E-state index < -0.39 is 0 Å². The van der Waals surface area contributed by atoms with Crippen molar-refractivity contribution >= 4 is 0 Å². The molecule has 136 valence electrons. The van der Waals surface area contributed by atoms with Crippen LogP contribution in [0.4, 0.5) is 0 Å². The molecule has 16 unspecified atom stereocenters. The van der Waals surface area contributed by atoms with Gasteiger partial charge in [-0.25, -0.2) is 0 Å². The average Bonchev–Trinajstić information content (AvgIpc) is 3.15. The zero-order chi connectivity index (χ0) is 16.2. The van der Waals surface area contributed by atoms with E-state index in [-0.39, 0.29) is 0 Å². The number of hydrogen-bond acceptors (Lipinski definition) is 1. The Labute approximate surface area is 152 Å². The summed E-state index contributed by atoms with van der Waals surface area (Å²) in [5.41, 5.74) is 6.34. The van der Waals surface area contributed by atoms with Gasteiger partial charge in [0.1, 0.15) is 0 Å². The van der Waals surface area contributed by atoms with Gasteiger partial charge in [0.25, 0.3) is 0 Å². The van der Waals surface area contributed by atoms with Crippen LogP contribution in [0.3, 0.4) is 0 Å². The Morgan fingerprint density at radius 1 is 0.480 bits per heavy atom. The number of rotatable bonds is 0. The minimum atomic E-state index is 0.568. The van der Waals surface area contributed by atoms with Crippen LogP contribution in [-0.4, -0.2) is 6.04 Å². The molecule has 0 saturated heterocycles. The molecular weight excluding hydrogens is 302 g/mol. The Bertz CT molecular complexity index is 638. The molecule has 0 bridgehead atoms. The summed E-state index contributed by atoms with van der Waals surface area (Å²) in [6.07, 6.45) is 11.0. The van der Waals surface area contributed by atoms with Crippen molar-refractivity contribution in [3.05, 3.63) is 0 Å². The molecule has 0 radical (unpaired) electrons. The molecule has 0 heterocycles. The lowest BCUT2D eigenvalue weighted by Crippen LogP contribution is -2.76. The Balaban J connectivity index is 1.05. The number of hydrogen-bond donors (Lipinski definition) is 1. The largest absolute Gasteiger partial charge is 0.328 e. The maximum absolute atomic E-state index is 6.34. The molecule has 0 aromatic carbocycles. The highest BCUT2D eigenvalue weighted by Gasteiger charge is 2.78. The summed E-state index contributed by atoms with van der Waals surface area (Å²) in [6.45, 7) is 2.53. The predicted octanol–water partition coefficient (Wildman–Crippen LogP) is 4.42. The first kappa shape index (κ1) is 14.0. The highest BCUT2D eigenvalue weighted by Crippen LogP contribution is 2.82. The van der Waals surface area contributed by atoms with Crippen molar-refractivity contribution in [2.45, 2.75) is 57.9 Å². The van der Waals surface area contributed by atoms with Gasteiger partial charge in [0.2, 0.25) is 0 Å². The lowest BCUT2D eigenvalue weighted by molar-refractivity contribution is -0.329. The van der Waals surface area contributed by atoms with Crippen molar-refractivity contribution in [2.75, 3.05) is 0 Å². The first-order valence-electron chi connectivity index (χ1n) is 12.0. The second kappa shape index (κ2) is 4.18. The van der Waals surface area contributed by atoms with Crippen molar-refractivity contribution in [1.29, 1.82) is 0 Å². The maximum atomic E-state index is 6.34. The van der Waals surface area contributed by atoms with Crippen molar-refractivity contribution < 1.29 is 0 Å². The lowest BCUT2D eigenvalue weighted by atomic mass is 9.24. The molecule has 16 atom stereocenters. The highest BCUT2D eigenvalue weighted by atomic mass is 14.8. The summed E-state index contributed by atoms with van der Waals surface area (Å²) in [7, 11) is 0. The standard InChI is InChI=1S/C24H35N/c1-9-2-10-4-14-13-7-18-19(8-17(13)20(14)12(10)3-9)24-22-16-6-11(25)5-15(16)21(22)23(18)24/h9-24H,2-8,25H2,1H3. The zero-order valence-electron chi connectivity index (χ0n) is 15.8. The fraction of sp³-hybridized carbons (Fsp3) is 1.00. The summed E-state index contributed by atoms with van der Waals surface area (Å²) in [5.74, 6) is 17.4. The molecule has 0 aromatic heterocycles. The molecular formula is C24H35N. The third kappa shape index (κ3) is 1.37. The third-order valence-corrected chi connectivity index (χ3v) is 12.2. The monoisotopic (exact) mass is 337 g/mol. The van der Waals surface area contributed by atoms with Crippen LogP contribution in [-0.2, 0) is 0 Å². The molecule has 8 fully saturated rings. The molecule has 8 aliphatic rings. The van der Waals surface area contributed by atoms with Gasteiger partial charge < -0.3 is 5.73 Å². The SMILES string of the molecule is CC1CC2CC3C4CC5C(CC4C3C2C1)C1C2C3CC(N)CC3C2C51. The third-order valence-electron chi connectivity index (χ3n) is 12.2. The van der Waals surface area contributed by atoms with E-state index in [1.807, 2.05) is 0 Å². The van der Waals surface area contributed by atoms with E-state index in [2.05, 4.69) is 6.92 Å². The summed E-state index contributed by atoms with van der Waals surface area (Å²) in [5, 5.41) is 0. The van der Waals surface area contributed by atoms with Gasteiger partial charge in [0, 0.05) is 6.04 Å². The molecule has 8 saturated carbocycles. The van der Waals surface area contributed by atoms with Gasteiger partial charge in [-0.2, -0.15) is 0 Å². The van der Waals surface area contributed by atoms with Gasteiger partial charge in [-0.1, -0.05) is 6.92 Å². The first-order valence-corrected chi connectivity index (χ1v) is 12.0. The number of fused-ring (bicyclic) bond motifs is 16. The van der Waals surface area contributed by atoms with Crippen LogP contribution in [0.1, 0.15) is 51.9 Å². The van der Waals surface area contributed by atoms with Crippen LogP contribution >= 0.6 is 0 Å². The van der Waals surface area contributed by atoms with Crippen LogP contribution in [0, 0.1) is 88.8 Å². The Kier molecular flexibility index (Phi) is 2.35. The zero-order valence-corrected chi connectivity index (χ0v) is 15.8. The predicted molar refractivity (Wildman–Crippen MR) is 98.3 cm³/mol. The second-order valence-electron chi connectivity index (χ2n) is 12.5. The van der Waals surface area contributed by atoms with Gasteiger partial charge in [0.05, 0.1) is 0 Å². The molecule has 25 heavy (non-hydrogen) atoms. The molecule has 1 nitrogen and oxygen atoms in total. The molecule has 0 aromatic rings. The summed E-state index contributed by atoms with van der Waals surface area (Å²) >= 11 is 0. The smallest absolute Gasteiger partial charge is 0.00445 e. The second-order valence-corrected chi connectivity index (χ2v) is 12.5. The van der Waals surface area contributed by atoms with Crippen molar-refractivity contribution in [3.63, 3.8) is 0 Å². The van der Waals surface area contributed by atoms with Gasteiger partial charge in [-0.15, -0.1) is 0 Å². The van der Waals surface area contributed by atoms with Crippen molar-refractivity contribution in [2.24, 2.45) is 94.5 Å². The Morgan fingerprint density at radius 3 is 1.68 bits per heavy atom. The van der Waals surface area contributed by atoms with Gasteiger partial charge in [-0.05, 0) is 134 Å². The molecule has 2 N–H and O–H groups in total. The van der Waals surface area contributed by atoms with Crippen LogP contribution in [0.5, 0.6) is 0 Å². The van der Waals surface area contributed by atoms with Crippen LogP contribution in [0.2, 0.25) is 0 Å². The number of nitrogens with two attached hydrogens (primary N) is 1. The summed E-state index contributed by atoms with van der Waals surface area (Å²) < 4.78 is 0. The Morgan fingerprint density at radius 2 is 1.00 bits per heavy atom. The average molecular weight is 338 g/mol. The van der Waals surface area contributed by atoms with E-state index in [1.165, 1.54) is 77.9 Å². The topological polar surface area (TPSA) is 26.0 Å². The van der Waals surface area contributed by atoms with Crippen molar-refractivity contribution in [3.8, 4) is 0 Å². The Hall–Kier alpha value is -0.0400. The minimum absolute atomic E-state index is 0.568. The summed E-state index contributed by atoms with van der Waals surface area (Å²) in [4.78, 5) is 0. The van der Waals surface area contributed by atoms with Gasteiger partial charge in [-0.3, -0.25) is 0 Å². The van der Waals surface area contributed by atoms with E-state index in [0.29, 0.717) is 6.04 Å². The van der Waals surface area contributed by atoms with Crippen LogP contribution in [0.25, 0.3) is 0 Å². The molecule has 0 aliphatic heterocycles. The van der Waals surface area contributed by atoms with E-state index in [4.69, 9.17) is 5.73 Å². The maximum Gasteiger partial charge on any atom is 0.00445 e. The highest BCUT2D eigenvalue weighted by molar-refractivity contribution is 5.26. The van der Waals surface area contributed by atoms with Crippen molar-refractivity contribution in [1.82, 2.24) is 0 Å².